The summed E-state index contributed by atoms with van der Waals surface area (Å²) in [5.74, 6) is -0.351. The van der Waals surface area contributed by atoms with Gasteiger partial charge < -0.3 is 15.4 Å². The van der Waals surface area contributed by atoms with E-state index >= 15 is 0 Å². The fraction of sp³-hybridized carbons (Fsp3) is 0.464. The van der Waals surface area contributed by atoms with E-state index < -0.39 is 11.6 Å². The molecule has 1 unspecified atom stereocenters. The molecule has 5 nitrogen and oxygen atoms in total. The number of rotatable bonds is 9. The van der Waals surface area contributed by atoms with E-state index in [1.807, 2.05) is 26.8 Å². The normalized spacial score (nSPS) is 15.9. The summed E-state index contributed by atoms with van der Waals surface area (Å²) in [4.78, 5) is 7.22. The Morgan fingerprint density at radius 3 is 2.54 bits per heavy atom. The first-order valence-corrected chi connectivity index (χ1v) is 12.2. The number of anilines is 1. The Morgan fingerprint density at radius 2 is 1.91 bits per heavy atom. The number of aryl methyl sites for hydroxylation is 1. The van der Waals surface area contributed by atoms with Crippen LogP contribution in [0.25, 0.3) is 11.1 Å². The summed E-state index contributed by atoms with van der Waals surface area (Å²) < 4.78 is 34.7. The average Bonchev–Trinajstić information content (AvgIpc) is 2.83. The van der Waals surface area contributed by atoms with Crippen molar-refractivity contribution < 1.29 is 13.5 Å². The molecule has 7 heteroatoms. The van der Waals surface area contributed by atoms with Crippen molar-refractivity contribution in [3.63, 3.8) is 0 Å². The third-order valence-corrected chi connectivity index (χ3v) is 6.64. The van der Waals surface area contributed by atoms with E-state index in [4.69, 9.17) is 9.73 Å². The summed E-state index contributed by atoms with van der Waals surface area (Å²) in [6.45, 7) is 11.0. The van der Waals surface area contributed by atoms with Gasteiger partial charge in [-0.1, -0.05) is 12.1 Å². The molecular weight excluding hydrogens is 446 g/mol. The van der Waals surface area contributed by atoms with Crippen molar-refractivity contribution in [2.45, 2.75) is 52.6 Å². The quantitative estimate of drug-likeness (QED) is 0.446. The molecule has 2 aromatic rings. The molecular formula is C28H38F2N4O. The first-order chi connectivity index (χ1) is 16.7. The van der Waals surface area contributed by atoms with Crippen molar-refractivity contribution in [3.8, 4) is 11.1 Å². The highest BCUT2D eigenvalue weighted by Crippen LogP contribution is 2.31. The molecule has 1 saturated heterocycles. The van der Waals surface area contributed by atoms with Gasteiger partial charge in [-0.2, -0.15) is 0 Å². The molecule has 3 rings (SSSR count). The highest BCUT2D eigenvalue weighted by Gasteiger charge is 2.23. The second-order valence-electron chi connectivity index (χ2n) is 9.47. The van der Waals surface area contributed by atoms with Gasteiger partial charge in [0.05, 0.1) is 17.9 Å². The Morgan fingerprint density at radius 1 is 1.20 bits per heavy atom. The van der Waals surface area contributed by atoms with Crippen LogP contribution in [0, 0.1) is 18.6 Å². The number of nitrogens with zero attached hydrogens (tertiary/aromatic N) is 2. The van der Waals surface area contributed by atoms with Crippen LogP contribution in [-0.2, 0) is 4.74 Å². The summed E-state index contributed by atoms with van der Waals surface area (Å²) in [5.41, 5.74) is 3.59. The predicted octanol–water partition coefficient (Wildman–Crippen LogP) is 5.74. The summed E-state index contributed by atoms with van der Waals surface area (Å²) in [7, 11) is 3.36. The van der Waals surface area contributed by atoms with Crippen molar-refractivity contribution in [2.75, 3.05) is 39.2 Å². The van der Waals surface area contributed by atoms with Crippen molar-refractivity contribution in [2.24, 2.45) is 4.99 Å². The molecule has 0 aromatic heterocycles. The monoisotopic (exact) mass is 484 g/mol. The van der Waals surface area contributed by atoms with Crippen molar-refractivity contribution in [1.82, 2.24) is 10.2 Å². The molecule has 0 saturated carbocycles. The van der Waals surface area contributed by atoms with Gasteiger partial charge in [0.2, 0.25) is 0 Å². The fourth-order valence-electron chi connectivity index (χ4n) is 4.41. The Bertz CT molecular complexity index is 1070. The molecule has 0 radical (unpaired) electrons. The van der Waals surface area contributed by atoms with Gasteiger partial charge in [-0.05, 0) is 81.0 Å². The second kappa shape index (κ2) is 12.3. The second-order valence-corrected chi connectivity index (χ2v) is 9.47. The lowest BCUT2D eigenvalue weighted by molar-refractivity contribution is 0.0798. The van der Waals surface area contributed by atoms with Crippen LogP contribution < -0.4 is 10.6 Å². The third kappa shape index (κ3) is 6.67. The minimum atomic E-state index is -0.600. The minimum absolute atomic E-state index is 0.0403. The van der Waals surface area contributed by atoms with Crippen LogP contribution >= 0.6 is 0 Å². The highest BCUT2D eigenvalue weighted by molar-refractivity contribution is 5.85. The minimum Gasteiger partial charge on any atom is -0.386 e. The molecule has 2 aromatic carbocycles. The molecule has 1 aliphatic rings. The highest BCUT2D eigenvalue weighted by atomic mass is 19.1. The predicted molar refractivity (Wildman–Crippen MR) is 141 cm³/mol. The maximum atomic E-state index is 14.9. The van der Waals surface area contributed by atoms with Crippen molar-refractivity contribution >= 4 is 11.9 Å². The molecule has 1 fully saturated rings. The van der Waals surface area contributed by atoms with Crippen LogP contribution in [0.5, 0.6) is 0 Å². The fourth-order valence-corrected chi connectivity index (χ4v) is 4.41. The Balaban J connectivity index is 1.77. The molecule has 0 bridgehead atoms. The largest absolute Gasteiger partial charge is 0.386 e. The van der Waals surface area contributed by atoms with Crippen molar-refractivity contribution in [1.29, 1.82) is 0 Å². The number of hydrogen-bond donors (Lipinski definition) is 2. The first kappa shape index (κ1) is 26.8. The lowest BCUT2D eigenvalue weighted by Crippen LogP contribution is -2.46. The molecule has 35 heavy (non-hydrogen) atoms. The van der Waals surface area contributed by atoms with Gasteiger partial charge >= 0.3 is 0 Å². The Labute approximate surface area is 208 Å². The van der Waals surface area contributed by atoms with E-state index in [-0.39, 0.29) is 11.3 Å². The van der Waals surface area contributed by atoms with Crippen LogP contribution in [0.2, 0.25) is 0 Å². The SMILES string of the molecule is CNc1ccc(F)c(-c2ccc(C)c(/C=N\C(NC3CCN(C(C)COC)CC3)=C(C)C)c2)c1F. The van der Waals surface area contributed by atoms with Gasteiger partial charge in [0.25, 0.3) is 0 Å². The van der Waals surface area contributed by atoms with Gasteiger partial charge in [-0.3, -0.25) is 4.90 Å². The average molecular weight is 485 g/mol. The van der Waals surface area contributed by atoms with E-state index in [1.54, 1.807) is 32.5 Å². The standard InChI is InChI=1S/C28H38F2N4O/c1-18(2)28(33-23-11-13-34(14-12-23)20(4)17-35-6)32-16-22-15-21(8-7-19(22)3)26-24(29)9-10-25(31-5)27(26)30/h7-10,15-16,20,23,31,33H,11-14,17H2,1-6H3/b32-16-. The molecule has 1 aliphatic heterocycles. The number of benzene rings is 2. The van der Waals surface area contributed by atoms with Gasteiger partial charge in [0, 0.05) is 45.5 Å². The zero-order valence-electron chi connectivity index (χ0n) is 21.7. The number of halogens is 2. The summed E-state index contributed by atoms with van der Waals surface area (Å²) in [6, 6.07) is 8.85. The molecule has 190 valence electrons. The molecule has 1 heterocycles. The van der Waals surface area contributed by atoms with Crippen molar-refractivity contribution in [3.05, 3.63) is 64.5 Å². The lowest BCUT2D eigenvalue weighted by atomic mass is 9.98. The molecule has 0 spiro atoms. The maximum absolute atomic E-state index is 14.9. The number of allylic oxidation sites excluding steroid dienone is 1. The number of aliphatic imine (C=N–C) groups is 1. The molecule has 0 aliphatic carbocycles. The number of hydrogen-bond acceptors (Lipinski definition) is 5. The van der Waals surface area contributed by atoms with Crippen LogP contribution in [-0.4, -0.2) is 57.1 Å². The van der Waals surface area contributed by atoms with Gasteiger partial charge in [0.15, 0.2) is 5.82 Å². The first-order valence-electron chi connectivity index (χ1n) is 12.2. The van der Waals surface area contributed by atoms with Crippen LogP contribution in [0.15, 0.2) is 46.7 Å². The number of likely N-dealkylation sites (tertiary alicyclic amines) is 1. The summed E-state index contributed by atoms with van der Waals surface area (Å²) in [6.07, 6.45) is 3.85. The van der Waals surface area contributed by atoms with Gasteiger partial charge in [0.1, 0.15) is 11.6 Å². The van der Waals surface area contributed by atoms with E-state index in [9.17, 15) is 8.78 Å². The third-order valence-electron chi connectivity index (χ3n) is 6.64. The van der Waals surface area contributed by atoms with Gasteiger partial charge in [-0.25, -0.2) is 13.8 Å². The molecule has 0 amide bonds. The number of ether oxygens (including phenoxy) is 1. The smallest absolute Gasteiger partial charge is 0.157 e. The van der Waals surface area contributed by atoms with E-state index in [0.29, 0.717) is 17.6 Å². The Kier molecular flexibility index (Phi) is 9.40. The zero-order valence-corrected chi connectivity index (χ0v) is 21.7. The van der Waals surface area contributed by atoms with E-state index in [2.05, 4.69) is 22.5 Å². The number of piperidine rings is 1. The van der Waals surface area contributed by atoms with Crippen LogP contribution in [0.3, 0.4) is 0 Å². The zero-order chi connectivity index (χ0) is 25.5. The summed E-state index contributed by atoms with van der Waals surface area (Å²) in [5, 5.41) is 6.39. The maximum Gasteiger partial charge on any atom is 0.157 e. The Hall–Kier alpha value is -2.77. The number of methoxy groups -OCH3 is 1. The summed E-state index contributed by atoms with van der Waals surface area (Å²) >= 11 is 0. The van der Waals surface area contributed by atoms with E-state index in [1.165, 1.54) is 12.1 Å². The molecule has 1 atom stereocenters. The topological polar surface area (TPSA) is 48.9 Å². The van der Waals surface area contributed by atoms with E-state index in [0.717, 1.165) is 55.1 Å². The lowest BCUT2D eigenvalue weighted by Gasteiger charge is -2.36. The number of nitrogens with one attached hydrogen (secondary N) is 2. The van der Waals surface area contributed by atoms with Crippen LogP contribution in [0.4, 0.5) is 14.5 Å². The van der Waals surface area contributed by atoms with Crippen LogP contribution in [0.1, 0.15) is 44.7 Å². The molecule has 2 N–H and O–H groups in total. The van der Waals surface area contributed by atoms with Gasteiger partial charge in [-0.15, -0.1) is 0 Å².